The van der Waals surface area contributed by atoms with Crippen LogP contribution in [0.5, 0.6) is 0 Å². The van der Waals surface area contributed by atoms with Crippen LogP contribution in [0.15, 0.2) is 67.1 Å². The Labute approximate surface area is 207 Å². The summed E-state index contributed by atoms with van der Waals surface area (Å²) in [7, 11) is 0. The number of H-pyrrole nitrogens is 1. The lowest BCUT2D eigenvalue weighted by Crippen LogP contribution is -2.28. The number of nitrogens with zero attached hydrogens (tertiary/aromatic N) is 5. The molecule has 2 N–H and O–H groups in total. The summed E-state index contributed by atoms with van der Waals surface area (Å²) >= 11 is 0. The summed E-state index contributed by atoms with van der Waals surface area (Å²) in [6, 6.07) is 15.2. The van der Waals surface area contributed by atoms with Crippen molar-refractivity contribution in [2.75, 3.05) is 18.4 Å². The van der Waals surface area contributed by atoms with Gasteiger partial charge in [-0.15, -0.1) is 0 Å². The maximum Gasteiger partial charge on any atom is 0.253 e. The molecule has 0 saturated carbocycles. The summed E-state index contributed by atoms with van der Waals surface area (Å²) in [4.78, 5) is 34.9. The quantitative estimate of drug-likeness (QED) is 0.392. The van der Waals surface area contributed by atoms with Crippen molar-refractivity contribution >= 4 is 34.1 Å². The first-order chi connectivity index (χ1) is 17.6. The fraction of sp³-hybridized carbons (Fsp3) is 0.222. The van der Waals surface area contributed by atoms with Crippen LogP contribution in [0.4, 0.5) is 5.69 Å². The fourth-order valence-electron chi connectivity index (χ4n) is 4.90. The number of benzene rings is 1. The van der Waals surface area contributed by atoms with Crippen molar-refractivity contribution < 1.29 is 9.59 Å². The number of carbonyl (C=O) groups excluding carboxylic acids is 2. The van der Waals surface area contributed by atoms with Gasteiger partial charge in [-0.2, -0.15) is 14.8 Å². The summed E-state index contributed by atoms with van der Waals surface area (Å²) in [5.41, 5.74) is 6.07. The van der Waals surface area contributed by atoms with E-state index in [-0.39, 0.29) is 17.7 Å². The maximum absolute atomic E-state index is 13.2. The Hall–Kier alpha value is -4.53. The van der Waals surface area contributed by atoms with Gasteiger partial charge in [0.25, 0.3) is 5.91 Å². The molecule has 9 heteroatoms. The van der Waals surface area contributed by atoms with Gasteiger partial charge in [0, 0.05) is 65.7 Å². The van der Waals surface area contributed by atoms with Gasteiger partial charge in [-0.25, -0.2) is 4.98 Å². The molecule has 1 atom stereocenters. The van der Waals surface area contributed by atoms with Gasteiger partial charge in [0.1, 0.15) is 5.65 Å². The molecule has 6 rings (SSSR count). The highest BCUT2D eigenvalue weighted by molar-refractivity contribution is 5.98. The summed E-state index contributed by atoms with van der Waals surface area (Å²) < 4.78 is 1.62. The van der Waals surface area contributed by atoms with Crippen molar-refractivity contribution in [1.82, 2.24) is 29.7 Å². The Morgan fingerprint density at radius 3 is 2.89 bits per heavy atom. The molecule has 36 heavy (non-hydrogen) atoms. The Morgan fingerprint density at radius 2 is 2.00 bits per heavy atom. The van der Waals surface area contributed by atoms with Crippen molar-refractivity contribution in [3.63, 3.8) is 0 Å². The van der Waals surface area contributed by atoms with Gasteiger partial charge >= 0.3 is 0 Å². The van der Waals surface area contributed by atoms with Crippen LogP contribution in [0.3, 0.4) is 0 Å². The molecule has 1 aliphatic heterocycles. The summed E-state index contributed by atoms with van der Waals surface area (Å²) in [6.07, 6.45) is 6.59. The van der Waals surface area contributed by atoms with Gasteiger partial charge in [-0.1, -0.05) is 13.0 Å². The molecule has 1 saturated heterocycles. The highest BCUT2D eigenvalue weighted by Gasteiger charge is 2.29. The minimum absolute atomic E-state index is 0.0288. The standard InChI is InChI=1S/C27H25N7O2/c1-2-25(35)31-19-6-3-5-17(13-19)27(36)33-12-9-18(16-33)23-14-21-20(8-11-28-26(21)32-23)22-15-30-34-24(22)7-4-10-29-34/h3-8,10-11,13-15,18H,2,9,12,16H2,1H3,(H,28,32)(H,31,35). The second-order valence-corrected chi connectivity index (χ2v) is 9.02. The number of likely N-dealkylation sites (tertiary alicyclic amines) is 1. The van der Waals surface area contributed by atoms with E-state index in [2.05, 4.69) is 31.5 Å². The van der Waals surface area contributed by atoms with Gasteiger partial charge in [-0.05, 0) is 54.4 Å². The van der Waals surface area contributed by atoms with Gasteiger partial charge in [0.2, 0.25) is 5.91 Å². The van der Waals surface area contributed by atoms with Gasteiger partial charge < -0.3 is 15.2 Å². The minimum atomic E-state index is -0.0759. The van der Waals surface area contributed by atoms with E-state index in [1.807, 2.05) is 29.3 Å². The van der Waals surface area contributed by atoms with Crippen molar-refractivity contribution in [2.24, 2.45) is 0 Å². The van der Waals surface area contributed by atoms with E-state index in [4.69, 9.17) is 0 Å². The monoisotopic (exact) mass is 479 g/mol. The molecule has 5 heterocycles. The second-order valence-electron chi connectivity index (χ2n) is 9.02. The van der Waals surface area contributed by atoms with Crippen molar-refractivity contribution in [3.05, 3.63) is 78.4 Å². The van der Waals surface area contributed by atoms with Crippen LogP contribution >= 0.6 is 0 Å². The SMILES string of the molecule is CCC(=O)Nc1cccc(C(=O)N2CCC(c3cc4c(-c5cnn6ncccc56)ccnc4[nH]3)C2)c1. The summed E-state index contributed by atoms with van der Waals surface area (Å²) in [6.45, 7) is 3.09. The number of nitrogens with one attached hydrogen (secondary N) is 2. The van der Waals surface area contributed by atoms with Crippen LogP contribution in [0.2, 0.25) is 0 Å². The molecular weight excluding hydrogens is 454 g/mol. The molecule has 0 radical (unpaired) electrons. The van der Waals surface area contributed by atoms with E-state index in [1.54, 1.807) is 48.2 Å². The Kier molecular flexibility index (Phi) is 5.44. The van der Waals surface area contributed by atoms with Crippen LogP contribution in [0, 0.1) is 0 Å². The number of hydrogen-bond donors (Lipinski definition) is 2. The summed E-state index contributed by atoms with van der Waals surface area (Å²) in [5.74, 6) is 0.0800. The number of hydrogen-bond acceptors (Lipinski definition) is 5. The van der Waals surface area contributed by atoms with Gasteiger partial charge in [0.15, 0.2) is 0 Å². The molecule has 1 unspecified atom stereocenters. The number of amides is 2. The van der Waals surface area contributed by atoms with E-state index in [0.717, 1.165) is 39.8 Å². The molecule has 1 fully saturated rings. The smallest absolute Gasteiger partial charge is 0.253 e. The molecule has 180 valence electrons. The maximum atomic E-state index is 13.2. The van der Waals surface area contributed by atoms with Gasteiger partial charge in [0.05, 0.1) is 11.7 Å². The molecule has 2 amide bonds. The van der Waals surface area contributed by atoms with Crippen LogP contribution in [-0.4, -0.2) is 54.6 Å². The number of rotatable bonds is 5. The predicted molar refractivity (Wildman–Crippen MR) is 137 cm³/mol. The average molecular weight is 480 g/mol. The highest BCUT2D eigenvalue weighted by atomic mass is 16.2. The largest absolute Gasteiger partial charge is 0.343 e. The normalized spacial score (nSPS) is 15.6. The molecule has 1 aromatic carbocycles. The topological polar surface area (TPSA) is 108 Å². The lowest BCUT2D eigenvalue weighted by Gasteiger charge is -2.17. The predicted octanol–water partition coefficient (Wildman–Crippen LogP) is 4.25. The Morgan fingerprint density at radius 1 is 1.08 bits per heavy atom. The first kappa shape index (κ1) is 22.0. The molecule has 0 spiro atoms. The molecule has 1 aliphatic rings. The molecule has 9 nitrogen and oxygen atoms in total. The first-order valence-corrected chi connectivity index (χ1v) is 12.1. The lowest BCUT2D eigenvalue weighted by atomic mass is 10.0. The zero-order valence-corrected chi connectivity index (χ0v) is 19.8. The minimum Gasteiger partial charge on any atom is -0.343 e. The summed E-state index contributed by atoms with van der Waals surface area (Å²) in [5, 5.41) is 12.5. The number of fused-ring (bicyclic) bond motifs is 2. The third-order valence-corrected chi connectivity index (χ3v) is 6.78. The van der Waals surface area contributed by atoms with E-state index >= 15 is 0 Å². The Bertz CT molecular complexity index is 1600. The van der Waals surface area contributed by atoms with Crippen LogP contribution < -0.4 is 5.32 Å². The van der Waals surface area contributed by atoms with E-state index < -0.39 is 0 Å². The number of pyridine rings is 1. The zero-order chi connectivity index (χ0) is 24.6. The third kappa shape index (κ3) is 3.88. The molecule has 5 aromatic rings. The average Bonchev–Trinajstić information content (AvgIpc) is 3.66. The molecular formula is C27H25N7O2. The Balaban J connectivity index is 1.25. The first-order valence-electron chi connectivity index (χ1n) is 12.1. The number of aromatic amines is 1. The third-order valence-electron chi connectivity index (χ3n) is 6.78. The molecule has 0 aliphatic carbocycles. The second kappa shape index (κ2) is 8.92. The van der Waals surface area contributed by atoms with Crippen LogP contribution in [-0.2, 0) is 4.79 Å². The van der Waals surface area contributed by atoms with E-state index in [9.17, 15) is 9.59 Å². The van der Waals surface area contributed by atoms with E-state index in [1.165, 1.54) is 0 Å². The van der Waals surface area contributed by atoms with Crippen LogP contribution in [0.25, 0.3) is 27.7 Å². The number of aromatic nitrogens is 5. The van der Waals surface area contributed by atoms with Gasteiger partial charge in [-0.3, -0.25) is 9.59 Å². The highest BCUT2D eigenvalue weighted by Crippen LogP contribution is 2.35. The van der Waals surface area contributed by atoms with Crippen molar-refractivity contribution in [2.45, 2.75) is 25.7 Å². The zero-order valence-electron chi connectivity index (χ0n) is 19.8. The van der Waals surface area contributed by atoms with Crippen molar-refractivity contribution in [1.29, 1.82) is 0 Å². The molecule has 0 bridgehead atoms. The van der Waals surface area contributed by atoms with E-state index in [0.29, 0.717) is 30.8 Å². The number of anilines is 1. The number of carbonyl (C=O) groups is 2. The fourth-order valence-corrected chi connectivity index (χ4v) is 4.90. The molecule has 4 aromatic heterocycles. The van der Waals surface area contributed by atoms with Crippen LogP contribution in [0.1, 0.15) is 41.7 Å². The lowest BCUT2D eigenvalue weighted by molar-refractivity contribution is -0.115. The van der Waals surface area contributed by atoms with Crippen molar-refractivity contribution in [3.8, 4) is 11.1 Å².